The van der Waals surface area contributed by atoms with Gasteiger partial charge in [0.05, 0.1) is 4.88 Å². The SMILES string of the molecule is CCc1cc(C(=O)Nc2cc(C)ccc2C)sc1C. The van der Waals surface area contributed by atoms with Crippen molar-refractivity contribution in [1.29, 1.82) is 0 Å². The molecule has 0 unspecified atom stereocenters. The van der Waals surface area contributed by atoms with Gasteiger partial charge in [-0.1, -0.05) is 19.1 Å². The zero-order valence-electron chi connectivity index (χ0n) is 11.8. The molecule has 2 rings (SSSR count). The minimum atomic E-state index is -0.0125. The summed E-state index contributed by atoms with van der Waals surface area (Å²) in [6.07, 6.45) is 0.971. The Bertz CT molecular complexity index is 613. The van der Waals surface area contributed by atoms with Crippen LogP contribution in [0.3, 0.4) is 0 Å². The van der Waals surface area contributed by atoms with Crippen molar-refractivity contribution in [3.05, 3.63) is 50.7 Å². The lowest BCUT2D eigenvalue weighted by atomic mass is 10.1. The van der Waals surface area contributed by atoms with Crippen LogP contribution in [0.15, 0.2) is 24.3 Å². The number of thiophene rings is 1. The van der Waals surface area contributed by atoms with E-state index >= 15 is 0 Å². The Kier molecular flexibility index (Phi) is 4.05. The molecule has 19 heavy (non-hydrogen) atoms. The molecular formula is C16H19NOS. The lowest BCUT2D eigenvalue weighted by Gasteiger charge is -2.08. The van der Waals surface area contributed by atoms with E-state index in [0.717, 1.165) is 28.1 Å². The van der Waals surface area contributed by atoms with Gasteiger partial charge < -0.3 is 5.32 Å². The Morgan fingerprint density at radius 2 is 1.95 bits per heavy atom. The quantitative estimate of drug-likeness (QED) is 0.877. The van der Waals surface area contributed by atoms with Gasteiger partial charge in [0.25, 0.3) is 5.91 Å². The Labute approximate surface area is 118 Å². The lowest BCUT2D eigenvalue weighted by Crippen LogP contribution is -2.11. The van der Waals surface area contributed by atoms with Crippen molar-refractivity contribution in [3.63, 3.8) is 0 Å². The first-order chi connectivity index (χ1) is 9.01. The second kappa shape index (κ2) is 5.57. The molecule has 1 heterocycles. The number of amides is 1. The highest BCUT2D eigenvalue weighted by molar-refractivity contribution is 7.14. The molecule has 0 atom stereocenters. The highest BCUT2D eigenvalue weighted by Gasteiger charge is 2.12. The first-order valence-corrected chi connectivity index (χ1v) is 7.30. The number of rotatable bonds is 3. The van der Waals surface area contributed by atoms with Gasteiger partial charge in [-0.25, -0.2) is 0 Å². The maximum Gasteiger partial charge on any atom is 0.265 e. The van der Waals surface area contributed by atoms with E-state index in [1.54, 1.807) is 11.3 Å². The van der Waals surface area contributed by atoms with E-state index in [1.807, 2.05) is 32.0 Å². The number of carbonyl (C=O) groups is 1. The van der Waals surface area contributed by atoms with E-state index in [2.05, 4.69) is 25.2 Å². The van der Waals surface area contributed by atoms with Crippen molar-refractivity contribution < 1.29 is 4.79 Å². The Morgan fingerprint density at radius 3 is 2.58 bits per heavy atom. The molecule has 0 aliphatic heterocycles. The number of carbonyl (C=O) groups excluding carboxylic acids is 1. The number of nitrogens with one attached hydrogen (secondary N) is 1. The molecule has 0 spiro atoms. The van der Waals surface area contributed by atoms with E-state index in [0.29, 0.717) is 0 Å². The average molecular weight is 273 g/mol. The number of anilines is 1. The minimum Gasteiger partial charge on any atom is -0.321 e. The molecule has 2 aromatic rings. The topological polar surface area (TPSA) is 29.1 Å². The maximum atomic E-state index is 12.3. The van der Waals surface area contributed by atoms with Crippen LogP contribution in [0.25, 0.3) is 0 Å². The summed E-state index contributed by atoms with van der Waals surface area (Å²) in [7, 11) is 0. The molecule has 1 amide bonds. The second-order valence-corrected chi connectivity index (χ2v) is 6.07. The van der Waals surface area contributed by atoms with E-state index in [1.165, 1.54) is 10.4 Å². The monoisotopic (exact) mass is 273 g/mol. The van der Waals surface area contributed by atoms with Gasteiger partial charge in [-0.3, -0.25) is 4.79 Å². The third-order valence-electron chi connectivity index (χ3n) is 3.27. The summed E-state index contributed by atoms with van der Waals surface area (Å²) < 4.78 is 0. The molecule has 3 heteroatoms. The molecule has 0 saturated carbocycles. The van der Waals surface area contributed by atoms with E-state index < -0.39 is 0 Å². The number of hydrogen-bond donors (Lipinski definition) is 1. The normalized spacial score (nSPS) is 10.5. The van der Waals surface area contributed by atoms with Crippen LogP contribution in [0.5, 0.6) is 0 Å². The van der Waals surface area contributed by atoms with Gasteiger partial charge in [0, 0.05) is 10.6 Å². The summed E-state index contributed by atoms with van der Waals surface area (Å²) >= 11 is 1.56. The van der Waals surface area contributed by atoms with Crippen molar-refractivity contribution >= 4 is 22.9 Å². The lowest BCUT2D eigenvalue weighted by molar-refractivity contribution is 0.103. The molecule has 2 nitrogen and oxygen atoms in total. The van der Waals surface area contributed by atoms with Crippen molar-refractivity contribution in [2.75, 3.05) is 5.32 Å². The van der Waals surface area contributed by atoms with Crippen molar-refractivity contribution in [1.82, 2.24) is 0 Å². The fourth-order valence-corrected chi connectivity index (χ4v) is 3.05. The summed E-state index contributed by atoms with van der Waals surface area (Å²) in [6, 6.07) is 8.09. The van der Waals surface area contributed by atoms with Crippen LogP contribution in [0.2, 0.25) is 0 Å². The van der Waals surface area contributed by atoms with Gasteiger partial charge in [0.2, 0.25) is 0 Å². The molecular weight excluding hydrogens is 254 g/mol. The largest absolute Gasteiger partial charge is 0.321 e. The van der Waals surface area contributed by atoms with Crippen LogP contribution in [0.1, 0.15) is 38.2 Å². The summed E-state index contributed by atoms with van der Waals surface area (Å²) in [4.78, 5) is 14.3. The summed E-state index contributed by atoms with van der Waals surface area (Å²) in [5.41, 5.74) is 4.39. The van der Waals surface area contributed by atoms with Crippen molar-refractivity contribution in [2.45, 2.75) is 34.1 Å². The van der Waals surface area contributed by atoms with Crippen LogP contribution in [-0.2, 0) is 6.42 Å². The summed E-state index contributed by atoms with van der Waals surface area (Å²) in [6.45, 7) is 8.21. The molecule has 0 bridgehead atoms. The molecule has 0 aliphatic carbocycles. The van der Waals surface area contributed by atoms with Crippen LogP contribution < -0.4 is 5.32 Å². The highest BCUT2D eigenvalue weighted by atomic mass is 32.1. The first kappa shape index (κ1) is 13.8. The predicted octanol–water partition coefficient (Wildman–Crippen LogP) is 4.49. The molecule has 100 valence electrons. The maximum absolute atomic E-state index is 12.3. The number of hydrogen-bond acceptors (Lipinski definition) is 2. The minimum absolute atomic E-state index is 0.0125. The Hall–Kier alpha value is -1.61. The Balaban J connectivity index is 2.22. The second-order valence-electron chi connectivity index (χ2n) is 4.82. The van der Waals surface area contributed by atoms with Gasteiger partial charge >= 0.3 is 0 Å². The van der Waals surface area contributed by atoms with Crippen LogP contribution in [-0.4, -0.2) is 5.91 Å². The van der Waals surface area contributed by atoms with Gasteiger partial charge in [0.1, 0.15) is 0 Å². The van der Waals surface area contributed by atoms with Gasteiger partial charge in [0.15, 0.2) is 0 Å². The van der Waals surface area contributed by atoms with Crippen molar-refractivity contribution in [3.8, 4) is 0 Å². The third kappa shape index (κ3) is 3.04. The summed E-state index contributed by atoms with van der Waals surface area (Å²) in [5, 5.41) is 3.00. The van der Waals surface area contributed by atoms with Crippen LogP contribution >= 0.6 is 11.3 Å². The Morgan fingerprint density at radius 1 is 1.21 bits per heavy atom. The molecule has 0 saturated heterocycles. The van der Waals surface area contributed by atoms with Gasteiger partial charge in [-0.15, -0.1) is 11.3 Å². The van der Waals surface area contributed by atoms with Gasteiger partial charge in [-0.2, -0.15) is 0 Å². The van der Waals surface area contributed by atoms with Crippen LogP contribution in [0, 0.1) is 20.8 Å². The molecule has 1 aromatic heterocycles. The fourth-order valence-electron chi connectivity index (χ4n) is 2.04. The molecule has 0 fully saturated rings. The van der Waals surface area contributed by atoms with Gasteiger partial charge in [-0.05, 0) is 56.0 Å². The molecule has 0 aliphatic rings. The molecule has 1 N–H and O–H groups in total. The predicted molar refractivity (Wildman–Crippen MR) is 82.3 cm³/mol. The van der Waals surface area contributed by atoms with E-state index in [4.69, 9.17) is 0 Å². The highest BCUT2D eigenvalue weighted by Crippen LogP contribution is 2.24. The molecule has 0 radical (unpaired) electrons. The molecule has 1 aromatic carbocycles. The van der Waals surface area contributed by atoms with Crippen molar-refractivity contribution in [2.24, 2.45) is 0 Å². The average Bonchev–Trinajstić information content (AvgIpc) is 2.75. The number of aryl methyl sites for hydroxylation is 4. The van der Waals surface area contributed by atoms with Crippen LogP contribution in [0.4, 0.5) is 5.69 Å². The standard InChI is InChI=1S/C16H19NOS/c1-5-13-9-15(19-12(13)4)16(18)17-14-8-10(2)6-7-11(14)3/h6-9H,5H2,1-4H3,(H,17,18). The van der Waals surface area contributed by atoms with E-state index in [9.17, 15) is 4.79 Å². The zero-order chi connectivity index (χ0) is 14.0. The third-order valence-corrected chi connectivity index (χ3v) is 4.36. The first-order valence-electron chi connectivity index (χ1n) is 6.49. The smallest absolute Gasteiger partial charge is 0.265 e. The number of benzene rings is 1. The fraction of sp³-hybridized carbons (Fsp3) is 0.312. The summed E-state index contributed by atoms with van der Waals surface area (Å²) in [5.74, 6) is -0.0125. The zero-order valence-corrected chi connectivity index (χ0v) is 12.6. The van der Waals surface area contributed by atoms with E-state index in [-0.39, 0.29) is 5.91 Å².